The van der Waals surface area contributed by atoms with Crippen LogP contribution in [-0.4, -0.2) is 5.11 Å². The Hall–Kier alpha value is -0.820. The van der Waals surface area contributed by atoms with Crippen LogP contribution in [0.2, 0.25) is 0 Å². The minimum absolute atomic E-state index is 0.361. The van der Waals surface area contributed by atoms with Gasteiger partial charge in [-0.3, -0.25) is 0 Å². The molecule has 0 aliphatic carbocycles. The predicted molar refractivity (Wildman–Crippen MR) is 35.9 cm³/mol. The van der Waals surface area contributed by atoms with Gasteiger partial charge in [-0.25, -0.2) is 0 Å². The molecule has 0 saturated carbocycles. The van der Waals surface area contributed by atoms with E-state index in [1.165, 1.54) is 0 Å². The molecule has 0 heterocycles. The highest BCUT2D eigenvalue weighted by atomic mass is 16.3. The first kappa shape index (κ1) is 6.30. The van der Waals surface area contributed by atoms with Crippen molar-refractivity contribution in [2.24, 2.45) is 0 Å². The summed E-state index contributed by atoms with van der Waals surface area (Å²) in [5.74, 6) is 0. The molecule has 1 unspecified atom stereocenters. The summed E-state index contributed by atoms with van der Waals surface area (Å²) in [4.78, 5) is 0. The fourth-order valence-electron chi connectivity index (χ4n) is 0.678. The summed E-state index contributed by atoms with van der Waals surface area (Å²) < 4.78 is 0. The van der Waals surface area contributed by atoms with Gasteiger partial charge in [0.05, 0.1) is 6.10 Å². The van der Waals surface area contributed by atoms with Crippen molar-refractivity contribution >= 4 is 0 Å². The second kappa shape index (κ2) is 2.65. The molecular formula is C8H9O. The molecule has 1 N–H and O–H groups in total. The van der Waals surface area contributed by atoms with Crippen LogP contribution < -0.4 is 0 Å². The quantitative estimate of drug-likeness (QED) is 0.597. The summed E-state index contributed by atoms with van der Waals surface area (Å²) in [5, 5.41) is 9.01. The first-order valence-corrected chi connectivity index (χ1v) is 2.95. The second-order valence-corrected chi connectivity index (χ2v) is 2.01. The number of hydrogen-bond acceptors (Lipinski definition) is 1. The number of rotatable bonds is 1. The molecule has 0 aromatic heterocycles. The third-order valence-corrected chi connectivity index (χ3v) is 1.23. The summed E-state index contributed by atoms with van der Waals surface area (Å²) in [6.07, 6.45) is -0.361. The lowest BCUT2D eigenvalue weighted by Crippen LogP contribution is -1.88. The van der Waals surface area contributed by atoms with Gasteiger partial charge in [0.25, 0.3) is 0 Å². The Balaban J connectivity index is 2.85. The van der Waals surface area contributed by atoms with Crippen molar-refractivity contribution < 1.29 is 5.11 Å². The van der Waals surface area contributed by atoms with Crippen LogP contribution in [0.25, 0.3) is 0 Å². The summed E-state index contributed by atoms with van der Waals surface area (Å²) in [5.41, 5.74) is 0.939. The summed E-state index contributed by atoms with van der Waals surface area (Å²) >= 11 is 0. The maximum absolute atomic E-state index is 9.01. The van der Waals surface area contributed by atoms with Gasteiger partial charge in [0.1, 0.15) is 0 Å². The van der Waals surface area contributed by atoms with Gasteiger partial charge >= 0.3 is 0 Å². The van der Waals surface area contributed by atoms with Crippen LogP contribution in [-0.2, 0) is 0 Å². The molecule has 1 aromatic rings. The smallest absolute Gasteiger partial charge is 0.0761 e. The summed E-state index contributed by atoms with van der Waals surface area (Å²) in [6.45, 7) is 1.75. The molecule has 0 aliphatic rings. The topological polar surface area (TPSA) is 20.2 Å². The van der Waals surface area contributed by atoms with Gasteiger partial charge in [-0.15, -0.1) is 0 Å². The molecule has 1 atom stereocenters. The molecular weight excluding hydrogens is 112 g/mol. The van der Waals surface area contributed by atoms with Gasteiger partial charge in [-0.1, -0.05) is 24.3 Å². The Morgan fingerprint density at radius 2 is 2.00 bits per heavy atom. The fourth-order valence-corrected chi connectivity index (χ4v) is 0.678. The highest BCUT2D eigenvalue weighted by Gasteiger charge is 1.95. The minimum atomic E-state index is -0.361. The van der Waals surface area contributed by atoms with E-state index in [1.807, 2.05) is 12.1 Å². The van der Waals surface area contributed by atoms with Crippen LogP contribution >= 0.6 is 0 Å². The summed E-state index contributed by atoms with van der Waals surface area (Å²) in [7, 11) is 0. The maximum Gasteiger partial charge on any atom is 0.0761 e. The maximum atomic E-state index is 9.01. The van der Waals surface area contributed by atoms with E-state index in [0.717, 1.165) is 5.56 Å². The van der Waals surface area contributed by atoms with Gasteiger partial charge in [0.15, 0.2) is 0 Å². The molecule has 9 heavy (non-hydrogen) atoms. The Morgan fingerprint density at radius 3 is 2.33 bits per heavy atom. The SMILES string of the molecule is CC(O)c1cc[c]cc1. The molecule has 0 bridgehead atoms. The normalized spacial score (nSPS) is 13.1. The molecule has 1 heteroatoms. The van der Waals surface area contributed by atoms with Gasteiger partial charge in [-0.05, 0) is 18.6 Å². The molecule has 1 radical (unpaired) electrons. The van der Waals surface area contributed by atoms with E-state index < -0.39 is 0 Å². The number of benzene rings is 1. The third kappa shape index (κ3) is 1.54. The molecule has 47 valence electrons. The van der Waals surface area contributed by atoms with Crippen molar-refractivity contribution in [3.8, 4) is 0 Å². The van der Waals surface area contributed by atoms with Crippen molar-refractivity contribution in [1.82, 2.24) is 0 Å². The molecule has 0 saturated heterocycles. The van der Waals surface area contributed by atoms with Crippen LogP contribution in [0.1, 0.15) is 18.6 Å². The van der Waals surface area contributed by atoms with Crippen molar-refractivity contribution in [3.63, 3.8) is 0 Å². The molecule has 0 aliphatic heterocycles. The highest BCUT2D eigenvalue weighted by Crippen LogP contribution is 2.08. The average molecular weight is 121 g/mol. The highest BCUT2D eigenvalue weighted by molar-refractivity contribution is 5.15. The zero-order chi connectivity index (χ0) is 6.69. The standard InChI is InChI=1S/C8H9O/c1-7(9)8-5-3-2-4-6-8/h3-7,9H,1H3. The van der Waals surface area contributed by atoms with E-state index in [-0.39, 0.29) is 6.10 Å². The van der Waals surface area contributed by atoms with Crippen molar-refractivity contribution in [2.75, 3.05) is 0 Å². The van der Waals surface area contributed by atoms with Crippen molar-refractivity contribution in [2.45, 2.75) is 13.0 Å². The van der Waals surface area contributed by atoms with Crippen LogP contribution in [0.4, 0.5) is 0 Å². The number of hydrogen-bond donors (Lipinski definition) is 1. The van der Waals surface area contributed by atoms with Crippen LogP contribution in [0.5, 0.6) is 0 Å². The minimum Gasteiger partial charge on any atom is -0.389 e. The predicted octanol–water partition coefficient (Wildman–Crippen LogP) is 1.54. The zero-order valence-electron chi connectivity index (χ0n) is 5.33. The fraction of sp³-hybridized carbons (Fsp3) is 0.250. The average Bonchev–Trinajstić information content (AvgIpc) is 1.90. The lowest BCUT2D eigenvalue weighted by molar-refractivity contribution is 0.199. The molecule has 1 nitrogen and oxygen atoms in total. The first-order valence-electron chi connectivity index (χ1n) is 2.95. The Morgan fingerprint density at radius 1 is 1.44 bits per heavy atom. The van der Waals surface area contributed by atoms with Crippen molar-refractivity contribution in [3.05, 3.63) is 35.9 Å². The molecule has 0 fully saturated rings. The lowest BCUT2D eigenvalue weighted by Gasteiger charge is -2.00. The Bertz CT molecular complexity index is 167. The Kier molecular flexibility index (Phi) is 1.85. The molecule has 0 spiro atoms. The lowest BCUT2D eigenvalue weighted by atomic mass is 10.1. The van der Waals surface area contributed by atoms with Gasteiger partial charge in [0, 0.05) is 0 Å². The second-order valence-electron chi connectivity index (χ2n) is 2.01. The van der Waals surface area contributed by atoms with Gasteiger partial charge in [0.2, 0.25) is 0 Å². The number of aliphatic hydroxyl groups excluding tert-OH is 1. The van der Waals surface area contributed by atoms with E-state index in [9.17, 15) is 0 Å². The monoisotopic (exact) mass is 121 g/mol. The van der Waals surface area contributed by atoms with E-state index >= 15 is 0 Å². The summed E-state index contributed by atoms with van der Waals surface area (Å²) in [6, 6.07) is 10.2. The first-order chi connectivity index (χ1) is 4.30. The van der Waals surface area contributed by atoms with E-state index in [1.54, 1.807) is 19.1 Å². The number of aliphatic hydroxyl groups is 1. The molecule has 1 aromatic carbocycles. The van der Waals surface area contributed by atoms with E-state index in [2.05, 4.69) is 6.07 Å². The Labute approximate surface area is 55.0 Å². The third-order valence-electron chi connectivity index (χ3n) is 1.23. The van der Waals surface area contributed by atoms with Crippen molar-refractivity contribution in [1.29, 1.82) is 0 Å². The van der Waals surface area contributed by atoms with Gasteiger partial charge < -0.3 is 5.11 Å². The largest absolute Gasteiger partial charge is 0.389 e. The zero-order valence-corrected chi connectivity index (χ0v) is 5.33. The van der Waals surface area contributed by atoms with Gasteiger partial charge in [-0.2, -0.15) is 0 Å². The van der Waals surface area contributed by atoms with E-state index in [0.29, 0.717) is 0 Å². The van der Waals surface area contributed by atoms with Crippen LogP contribution in [0, 0.1) is 6.07 Å². The molecule has 1 rings (SSSR count). The van der Waals surface area contributed by atoms with Crippen LogP contribution in [0.15, 0.2) is 24.3 Å². The molecule has 0 amide bonds. The van der Waals surface area contributed by atoms with E-state index in [4.69, 9.17) is 5.11 Å². The van der Waals surface area contributed by atoms with Crippen LogP contribution in [0.3, 0.4) is 0 Å².